The molecule has 30 heavy (non-hydrogen) atoms. The van der Waals surface area contributed by atoms with E-state index >= 15 is 0 Å². The first-order valence-corrected chi connectivity index (χ1v) is 12.2. The summed E-state index contributed by atoms with van der Waals surface area (Å²) in [6.45, 7) is 1.63. The third-order valence-electron chi connectivity index (χ3n) is 5.41. The molecule has 1 aliphatic rings. The molecule has 160 valence electrons. The molecule has 0 atom stereocenters. The minimum Gasteiger partial charge on any atom is -0.467 e. The summed E-state index contributed by atoms with van der Waals surface area (Å²) in [4.78, 5) is 16.5. The topological polar surface area (TPSA) is 75.8 Å². The van der Waals surface area contributed by atoms with E-state index in [1.807, 2.05) is 34.5 Å². The molecule has 1 saturated heterocycles. The Morgan fingerprint density at radius 1 is 1.20 bits per heavy atom. The summed E-state index contributed by atoms with van der Waals surface area (Å²) in [6, 6.07) is 9.28. The van der Waals surface area contributed by atoms with Crippen molar-refractivity contribution in [3.63, 3.8) is 0 Å². The molecule has 1 fully saturated rings. The Balaban J connectivity index is 1.43. The molecule has 1 amide bonds. The fourth-order valence-electron chi connectivity index (χ4n) is 3.77. The summed E-state index contributed by atoms with van der Waals surface area (Å²) in [6.07, 6.45) is 5.98. The quantitative estimate of drug-likeness (QED) is 0.557. The smallest absolute Gasteiger partial charge is 0.244 e. The number of aromatic nitrogens is 1. The van der Waals surface area contributed by atoms with Gasteiger partial charge in [-0.2, -0.15) is 4.31 Å². The number of hydrogen-bond acceptors (Lipinski definition) is 5. The van der Waals surface area contributed by atoms with Crippen LogP contribution in [0.1, 0.15) is 23.5 Å². The molecule has 0 aliphatic carbocycles. The molecular formula is C21H25N3O4S2. The first kappa shape index (κ1) is 20.9. The summed E-state index contributed by atoms with van der Waals surface area (Å²) in [7, 11) is -1.72. The highest BCUT2D eigenvalue weighted by Crippen LogP contribution is 2.27. The Hall–Kier alpha value is -2.36. The lowest BCUT2D eigenvalue weighted by Crippen LogP contribution is -2.44. The van der Waals surface area contributed by atoms with Gasteiger partial charge in [0, 0.05) is 43.3 Å². The summed E-state index contributed by atoms with van der Waals surface area (Å²) < 4.78 is 34.3. The van der Waals surface area contributed by atoms with E-state index in [9.17, 15) is 13.2 Å². The van der Waals surface area contributed by atoms with E-state index in [-0.39, 0.29) is 11.8 Å². The number of rotatable bonds is 7. The second kappa shape index (κ2) is 8.79. The lowest BCUT2D eigenvalue weighted by Gasteiger charge is -2.33. The van der Waals surface area contributed by atoms with Crippen molar-refractivity contribution < 1.29 is 17.6 Å². The highest BCUT2D eigenvalue weighted by molar-refractivity contribution is 7.89. The molecule has 0 N–H and O–H groups in total. The van der Waals surface area contributed by atoms with E-state index < -0.39 is 10.0 Å². The van der Waals surface area contributed by atoms with E-state index in [2.05, 4.69) is 0 Å². The number of nitrogens with zero attached hydrogens (tertiary/aromatic N) is 3. The van der Waals surface area contributed by atoms with Gasteiger partial charge in [0.05, 0.1) is 24.2 Å². The van der Waals surface area contributed by atoms with Gasteiger partial charge in [-0.3, -0.25) is 4.79 Å². The second-order valence-corrected chi connectivity index (χ2v) is 10.5. The van der Waals surface area contributed by atoms with Crippen LogP contribution in [0.25, 0.3) is 0 Å². The predicted octanol–water partition coefficient (Wildman–Crippen LogP) is 3.31. The first-order chi connectivity index (χ1) is 14.4. The fourth-order valence-corrected chi connectivity index (χ4v) is 6.02. The molecule has 0 aromatic carbocycles. The van der Waals surface area contributed by atoms with Crippen molar-refractivity contribution in [2.75, 3.05) is 13.1 Å². The zero-order valence-electron chi connectivity index (χ0n) is 16.8. The van der Waals surface area contributed by atoms with Gasteiger partial charge in [-0.15, -0.1) is 11.3 Å². The maximum Gasteiger partial charge on any atom is 0.244 e. The molecule has 4 heterocycles. The average Bonchev–Trinajstić information content (AvgIpc) is 3.50. The Kier molecular flexibility index (Phi) is 6.12. The molecule has 7 nitrogen and oxygen atoms in total. The van der Waals surface area contributed by atoms with Crippen LogP contribution < -0.4 is 0 Å². The van der Waals surface area contributed by atoms with Crippen LogP contribution in [-0.4, -0.2) is 41.2 Å². The van der Waals surface area contributed by atoms with Gasteiger partial charge >= 0.3 is 0 Å². The normalized spacial score (nSPS) is 16.0. The summed E-state index contributed by atoms with van der Waals surface area (Å²) >= 11 is 1.62. The molecule has 1 aliphatic heterocycles. The van der Waals surface area contributed by atoms with Gasteiger partial charge in [0.2, 0.25) is 15.9 Å². The number of aryl methyl sites for hydroxylation is 1. The number of carbonyl (C=O) groups excluding carboxylic acids is 1. The Bertz CT molecular complexity index is 1030. The Morgan fingerprint density at radius 2 is 2.00 bits per heavy atom. The van der Waals surface area contributed by atoms with Gasteiger partial charge in [0.25, 0.3) is 0 Å². The average molecular weight is 448 g/mol. The molecule has 0 radical (unpaired) electrons. The molecule has 0 bridgehead atoms. The Morgan fingerprint density at radius 3 is 2.60 bits per heavy atom. The minimum absolute atomic E-state index is 0.0524. The van der Waals surface area contributed by atoms with Gasteiger partial charge in [-0.25, -0.2) is 8.42 Å². The molecule has 0 spiro atoms. The van der Waals surface area contributed by atoms with Crippen molar-refractivity contribution >= 4 is 27.3 Å². The molecule has 0 unspecified atom stereocenters. The van der Waals surface area contributed by atoms with Crippen molar-refractivity contribution in [1.82, 2.24) is 13.8 Å². The molecule has 0 saturated carbocycles. The second-order valence-electron chi connectivity index (χ2n) is 7.54. The van der Waals surface area contributed by atoms with Crippen LogP contribution in [0.5, 0.6) is 0 Å². The highest BCUT2D eigenvalue weighted by atomic mass is 32.2. The van der Waals surface area contributed by atoms with Gasteiger partial charge < -0.3 is 13.9 Å². The largest absolute Gasteiger partial charge is 0.467 e. The van der Waals surface area contributed by atoms with Crippen molar-refractivity contribution in [1.29, 1.82) is 0 Å². The maximum atomic E-state index is 13.3. The van der Waals surface area contributed by atoms with E-state index in [1.165, 1.54) is 4.31 Å². The number of thiophene rings is 1. The molecule has 4 rings (SSSR count). The summed E-state index contributed by atoms with van der Waals surface area (Å²) in [5.74, 6) is 0.600. The predicted molar refractivity (Wildman–Crippen MR) is 114 cm³/mol. The fraction of sp³-hybridized carbons (Fsp3) is 0.381. The zero-order chi connectivity index (χ0) is 21.1. The minimum atomic E-state index is -3.52. The van der Waals surface area contributed by atoms with Gasteiger partial charge in [-0.05, 0) is 42.5 Å². The summed E-state index contributed by atoms with van der Waals surface area (Å²) in [5, 5.41) is 2.00. The van der Waals surface area contributed by atoms with E-state index in [4.69, 9.17) is 4.42 Å². The number of carbonyl (C=O) groups is 1. The molecule has 9 heteroatoms. The van der Waals surface area contributed by atoms with E-state index in [0.29, 0.717) is 43.9 Å². The third-order valence-corrected chi connectivity index (χ3v) is 8.15. The SMILES string of the molecule is Cn1ccc(S(=O)(=O)N2CCC(C(=O)N(Cc3ccco3)Cc3cccs3)CC2)c1. The summed E-state index contributed by atoms with van der Waals surface area (Å²) in [5.41, 5.74) is 0. The van der Waals surface area contributed by atoms with Crippen LogP contribution >= 0.6 is 11.3 Å². The monoisotopic (exact) mass is 447 g/mol. The van der Waals surface area contributed by atoms with Crippen LogP contribution in [0.15, 0.2) is 63.7 Å². The number of hydrogen-bond donors (Lipinski definition) is 0. The third kappa shape index (κ3) is 4.53. The number of amides is 1. The van der Waals surface area contributed by atoms with Gasteiger partial charge in [-0.1, -0.05) is 6.07 Å². The van der Waals surface area contributed by atoms with E-state index in [1.54, 1.807) is 47.7 Å². The first-order valence-electron chi connectivity index (χ1n) is 9.89. The molecular weight excluding hydrogens is 422 g/mol. The Labute approximate surface area is 180 Å². The lowest BCUT2D eigenvalue weighted by atomic mass is 9.96. The van der Waals surface area contributed by atoms with Gasteiger partial charge in [0.15, 0.2) is 0 Å². The van der Waals surface area contributed by atoms with Crippen molar-refractivity contribution in [3.05, 3.63) is 65.0 Å². The highest BCUT2D eigenvalue weighted by Gasteiger charge is 2.34. The number of piperidine rings is 1. The van der Waals surface area contributed by atoms with Crippen molar-refractivity contribution in [2.45, 2.75) is 30.8 Å². The van der Waals surface area contributed by atoms with Crippen molar-refractivity contribution in [2.24, 2.45) is 13.0 Å². The standard InChI is InChI=1S/C21H25N3O4S2/c1-22-9-8-20(16-22)30(26,27)24-10-6-17(7-11-24)21(25)23(14-18-4-2-12-28-18)15-19-5-3-13-29-19/h2-5,8-9,12-13,16-17H,6-7,10-11,14-15H2,1H3. The maximum absolute atomic E-state index is 13.3. The number of furan rings is 1. The van der Waals surface area contributed by atoms with Crippen LogP contribution in [0.2, 0.25) is 0 Å². The van der Waals surface area contributed by atoms with Gasteiger partial charge in [0.1, 0.15) is 5.76 Å². The van der Waals surface area contributed by atoms with Crippen LogP contribution in [0, 0.1) is 5.92 Å². The molecule has 3 aromatic rings. The van der Waals surface area contributed by atoms with E-state index in [0.717, 1.165) is 10.6 Å². The number of sulfonamides is 1. The van der Waals surface area contributed by atoms with Crippen LogP contribution in [-0.2, 0) is 35.0 Å². The van der Waals surface area contributed by atoms with Crippen LogP contribution in [0.3, 0.4) is 0 Å². The lowest BCUT2D eigenvalue weighted by molar-refractivity contribution is -0.138. The molecule has 3 aromatic heterocycles. The zero-order valence-corrected chi connectivity index (χ0v) is 18.4. The van der Waals surface area contributed by atoms with Crippen LogP contribution in [0.4, 0.5) is 0 Å². The van der Waals surface area contributed by atoms with Crippen molar-refractivity contribution in [3.8, 4) is 0 Å².